The molecule has 1 nitrogen and oxygen atoms in total. The zero-order chi connectivity index (χ0) is 13.6. The second-order valence-corrected chi connectivity index (χ2v) is 10.7. The highest BCUT2D eigenvalue weighted by Crippen LogP contribution is 2.28. The van der Waals surface area contributed by atoms with Crippen molar-refractivity contribution in [3.05, 3.63) is 52.9 Å². The Morgan fingerprint density at radius 3 is 2.39 bits per heavy atom. The standard InChI is InChI=1S/C16H24OSi/c1-5-6-8-13-15(18(2,3)4)16(17)14-11-9-7-10-12-14/h7-12,16-17H,5-6H2,1-4H3. The molecule has 1 N–H and O–H groups in total. The molecule has 1 aromatic carbocycles. The molecule has 1 aromatic rings. The average Bonchev–Trinajstić information content (AvgIpc) is 2.33. The molecule has 0 fully saturated rings. The molecular formula is C16H24OSi. The highest BCUT2D eigenvalue weighted by Gasteiger charge is 2.26. The molecule has 2 heteroatoms. The molecule has 1 rings (SSSR count). The topological polar surface area (TPSA) is 20.2 Å². The second-order valence-electron chi connectivity index (χ2n) is 5.61. The highest BCUT2D eigenvalue weighted by molar-refractivity contribution is 6.83. The Kier molecular flexibility index (Phi) is 5.61. The van der Waals surface area contributed by atoms with Gasteiger partial charge < -0.3 is 5.11 Å². The Bertz CT molecular complexity index is 422. The van der Waals surface area contributed by atoms with Crippen molar-refractivity contribution in [3.8, 4) is 0 Å². The van der Waals surface area contributed by atoms with Crippen molar-refractivity contribution in [3.63, 3.8) is 0 Å². The Morgan fingerprint density at radius 1 is 1.28 bits per heavy atom. The maximum Gasteiger partial charge on any atom is 0.104 e. The fraction of sp³-hybridized carbons (Fsp3) is 0.438. The number of unbranched alkanes of at least 4 members (excludes halogenated alkanes) is 1. The van der Waals surface area contributed by atoms with Crippen LogP contribution in [0.15, 0.2) is 47.3 Å². The lowest BCUT2D eigenvalue weighted by Gasteiger charge is -2.24. The summed E-state index contributed by atoms with van der Waals surface area (Å²) in [6.07, 6.45) is 3.70. The predicted molar refractivity (Wildman–Crippen MR) is 81.3 cm³/mol. The van der Waals surface area contributed by atoms with Gasteiger partial charge >= 0.3 is 0 Å². The van der Waals surface area contributed by atoms with E-state index in [-0.39, 0.29) is 0 Å². The maximum atomic E-state index is 10.5. The van der Waals surface area contributed by atoms with Crippen LogP contribution in [-0.2, 0) is 0 Å². The van der Waals surface area contributed by atoms with E-state index in [0.717, 1.165) is 23.6 Å². The first-order valence-electron chi connectivity index (χ1n) is 6.65. The molecule has 18 heavy (non-hydrogen) atoms. The Labute approximate surface area is 112 Å². The van der Waals surface area contributed by atoms with E-state index in [2.05, 4.69) is 38.4 Å². The van der Waals surface area contributed by atoms with Crippen LogP contribution in [0.2, 0.25) is 19.6 Å². The summed E-state index contributed by atoms with van der Waals surface area (Å²) in [4.78, 5) is 0. The third kappa shape index (κ3) is 4.30. The number of aliphatic hydroxyl groups is 1. The van der Waals surface area contributed by atoms with E-state index in [1.165, 1.54) is 0 Å². The third-order valence-corrected chi connectivity index (χ3v) is 4.92. The minimum atomic E-state index is -1.56. The summed E-state index contributed by atoms with van der Waals surface area (Å²) in [6.45, 7) is 8.91. The molecule has 98 valence electrons. The quantitative estimate of drug-likeness (QED) is 0.611. The van der Waals surface area contributed by atoms with Crippen LogP contribution in [0.1, 0.15) is 31.4 Å². The first-order chi connectivity index (χ1) is 8.46. The van der Waals surface area contributed by atoms with Crippen molar-refractivity contribution in [1.82, 2.24) is 0 Å². The Hall–Kier alpha value is -1.08. The van der Waals surface area contributed by atoms with Crippen LogP contribution in [0.4, 0.5) is 0 Å². The maximum absolute atomic E-state index is 10.5. The molecule has 0 aliphatic carbocycles. The number of hydrogen-bond donors (Lipinski definition) is 1. The van der Waals surface area contributed by atoms with Gasteiger partial charge in [-0.2, -0.15) is 0 Å². The molecule has 1 unspecified atom stereocenters. The van der Waals surface area contributed by atoms with Crippen molar-refractivity contribution in [2.45, 2.75) is 45.5 Å². The third-order valence-electron chi connectivity index (χ3n) is 2.89. The van der Waals surface area contributed by atoms with Crippen LogP contribution in [0.3, 0.4) is 0 Å². The van der Waals surface area contributed by atoms with Gasteiger partial charge in [-0.25, -0.2) is 0 Å². The summed E-state index contributed by atoms with van der Waals surface area (Å²) >= 11 is 0. The van der Waals surface area contributed by atoms with Gasteiger partial charge in [0, 0.05) is 0 Å². The van der Waals surface area contributed by atoms with Gasteiger partial charge in [0.1, 0.15) is 6.10 Å². The van der Waals surface area contributed by atoms with Crippen LogP contribution in [0, 0.1) is 0 Å². The average molecular weight is 260 g/mol. The molecule has 0 saturated carbocycles. The van der Waals surface area contributed by atoms with Crippen molar-refractivity contribution < 1.29 is 5.11 Å². The van der Waals surface area contributed by atoms with Gasteiger partial charge in [0.05, 0.1) is 8.07 Å². The molecule has 0 aromatic heterocycles. The summed E-state index contributed by atoms with van der Waals surface area (Å²) in [5.74, 6) is 0. The summed E-state index contributed by atoms with van der Waals surface area (Å²) in [7, 11) is -1.56. The predicted octanol–water partition coefficient (Wildman–Crippen LogP) is 4.48. The summed E-state index contributed by atoms with van der Waals surface area (Å²) in [6, 6.07) is 9.87. The van der Waals surface area contributed by atoms with Gasteiger partial charge in [-0.05, 0) is 23.3 Å². The molecule has 1 atom stereocenters. The summed E-state index contributed by atoms with van der Waals surface area (Å²) < 4.78 is 0. The molecule has 0 bridgehead atoms. The van der Waals surface area contributed by atoms with Gasteiger partial charge in [-0.15, -0.1) is 5.73 Å². The fourth-order valence-corrected chi connectivity index (χ4v) is 3.36. The van der Waals surface area contributed by atoms with E-state index in [0.29, 0.717) is 0 Å². The van der Waals surface area contributed by atoms with Crippen molar-refractivity contribution in [1.29, 1.82) is 0 Å². The molecule has 0 amide bonds. The zero-order valence-corrected chi connectivity index (χ0v) is 12.9. The first kappa shape index (κ1) is 15.0. The SMILES string of the molecule is CCCC=C=C(C(O)c1ccccc1)[Si](C)(C)C. The molecule has 0 heterocycles. The molecule has 0 radical (unpaired) electrons. The van der Waals surface area contributed by atoms with E-state index in [1.807, 2.05) is 30.3 Å². The van der Waals surface area contributed by atoms with Gasteiger partial charge in [0.15, 0.2) is 0 Å². The number of benzene rings is 1. The van der Waals surface area contributed by atoms with E-state index >= 15 is 0 Å². The Morgan fingerprint density at radius 2 is 1.89 bits per heavy atom. The zero-order valence-electron chi connectivity index (χ0n) is 11.9. The lowest BCUT2D eigenvalue weighted by molar-refractivity contribution is 0.222. The van der Waals surface area contributed by atoms with Gasteiger partial charge in [-0.1, -0.05) is 63.3 Å². The van der Waals surface area contributed by atoms with Gasteiger partial charge in [0.25, 0.3) is 0 Å². The van der Waals surface area contributed by atoms with E-state index in [4.69, 9.17) is 0 Å². The van der Waals surface area contributed by atoms with Crippen LogP contribution in [-0.4, -0.2) is 13.2 Å². The van der Waals surface area contributed by atoms with Gasteiger partial charge in [0.2, 0.25) is 0 Å². The van der Waals surface area contributed by atoms with E-state index in [9.17, 15) is 5.11 Å². The second kappa shape index (κ2) is 6.74. The largest absolute Gasteiger partial charge is 0.384 e. The Balaban J connectivity index is 3.09. The monoisotopic (exact) mass is 260 g/mol. The van der Waals surface area contributed by atoms with Gasteiger partial charge in [-0.3, -0.25) is 0 Å². The van der Waals surface area contributed by atoms with E-state index in [1.54, 1.807) is 0 Å². The number of hydrogen-bond acceptors (Lipinski definition) is 1. The minimum absolute atomic E-state index is 0.508. The molecular weight excluding hydrogens is 236 g/mol. The number of rotatable bonds is 5. The van der Waals surface area contributed by atoms with Crippen LogP contribution < -0.4 is 0 Å². The molecule has 0 spiro atoms. The molecule has 0 aliphatic rings. The van der Waals surface area contributed by atoms with E-state index < -0.39 is 14.2 Å². The highest BCUT2D eigenvalue weighted by atomic mass is 28.3. The lowest BCUT2D eigenvalue weighted by Crippen LogP contribution is -2.27. The summed E-state index contributed by atoms with van der Waals surface area (Å²) in [5, 5.41) is 11.6. The lowest BCUT2D eigenvalue weighted by atomic mass is 10.1. The smallest absolute Gasteiger partial charge is 0.104 e. The number of aliphatic hydroxyl groups excluding tert-OH is 1. The van der Waals surface area contributed by atoms with Crippen molar-refractivity contribution in [2.24, 2.45) is 0 Å². The fourth-order valence-electron chi connectivity index (χ4n) is 1.83. The normalized spacial score (nSPS) is 12.7. The van der Waals surface area contributed by atoms with Crippen molar-refractivity contribution >= 4 is 8.07 Å². The van der Waals surface area contributed by atoms with Crippen LogP contribution >= 0.6 is 0 Å². The first-order valence-corrected chi connectivity index (χ1v) is 10.2. The minimum Gasteiger partial charge on any atom is -0.384 e. The molecule has 0 aliphatic heterocycles. The van der Waals surface area contributed by atoms with Crippen molar-refractivity contribution in [2.75, 3.05) is 0 Å². The molecule has 0 saturated heterocycles. The summed E-state index contributed by atoms with van der Waals surface area (Å²) in [5.41, 5.74) is 4.33. The van der Waals surface area contributed by atoms with Crippen LogP contribution in [0.25, 0.3) is 0 Å². The van der Waals surface area contributed by atoms with Crippen LogP contribution in [0.5, 0.6) is 0 Å².